The number of nitrogens with zero attached hydrogens (tertiary/aromatic N) is 2. The van der Waals surface area contributed by atoms with E-state index in [1.807, 2.05) is 6.07 Å². The highest BCUT2D eigenvalue weighted by Crippen LogP contribution is 2.18. The van der Waals surface area contributed by atoms with Crippen LogP contribution in [0.5, 0.6) is 0 Å². The number of anilines is 1. The monoisotopic (exact) mass is 205 g/mol. The van der Waals surface area contributed by atoms with Crippen LogP contribution >= 0.6 is 0 Å². The smallest absolute Gasteiger partial charge is 0.0931 e. The van der Waals surface area contributed by atoms with E-state index in [0.717, 1.165) is 24.2 Å². The summed E-state index contributed by atoms with van der Waals surface area (Å²) >= 11 is 0. The quantitative estimate of drug-likeness (QED) is 0.825. The lowest BCUT2D eigenvalue weighted by molar-refractivity contribution is 0.206. The maximum absolute atomic E-state index is 5.04. The second-order valence-corrected chi connectivity index (χ2v) is 3.52. The van der Waals surface area contributed by atoms with Crippen molar-refractivity contribution in [2.24, 2.45) is 0 Å². The van der Waals surface area contributed by atoms with Crippen LogP contribution in [-0.2, 0) is 4.74 Å². The number of ether oxygens (including phenoxy) is 1. The molecule has 4 heteroatoms. The third-order valence-electron chi connectivity index (χ3n) is 2.48. The van der Waals surface area contributed by atoms with E-state index >= 15 is 0 Å². The second-order valence-electron chi connectivity index (χ2n) is 3.52. The molecule has 0 spiro atoms. The molecule has 0 atom stereocenters. The highest BCUT2D eigenvalue weighted by molar-refractivity contribution is 5.78. The molecular formula is C11H15N3O. The Kier molecular flexibility index (Phi) is 2.87. The molecule has 0 aliphatic carbocycles. The topological polar surface area (TPSA) is 41.1 Å². The predicted molar refractivity (Wildman–Crippen MR) is 61.2 cm³/mol. The van der Waals surface area contributed by atoms with Crippen molar-refractivity contribution >= 4 is 16.7 Å². The van der Waals surface area contributed by atoms with E-state index in [-0.39, 0.29) is 0 Å². The van der Waals surface area contributed by atoms with Gasteiger partial charge in [0.25, 0.3) is 0 Å². The number of methoxy groups -OCH3 is 1. The predicted octanol–water partition coefficient (Wildman–Crippen LogP) is 1.65. The lowest BCUT2D eigenvalue weighted by Gasteiger charge is -2.18. The first kappa shape index (κ1) is 9.98. The highest BCUT2D eigenvalue weighted by atomic mass is 16.5. The van der Waals surface area contributed by atoms with E-state index in [0.29, 0.717) is 0 Å². The Morgan fingerprint density at radius 1 is 1.47 bits per heavy atom. The van der Waals surface area contributed by atoms with Crippen molar-refractivity contribution in [1.82, 2.24) is 9.97 Å². The molecule has 0 saturated carbocycles. The number of nitrogens with one attached hydrogen (secondary N) is 1. The molecule has 0 fully saturated rings. The Labute approximate surface area is 88.9 Å². The average molecular weight is 205 g/mol. The van der Waals surface area contributed by atoms with Gasteiger partial charge in [0.2, 0.25) is 0 Å². The number of benzene rings is 1. The fraction of sp³-hybridized carbons (Fsp3) is 0.364. The summed E-state index contributed by atoms with van der Waals surface area (Å²) in [6.07, 6.45) is 1.71. The van der Waals surface area contributed by atoms with Gasteiger partial charge < -0.3 is 14.6 Å². The van der Waals surface area contributed by atoms with Gasteiger partial charge in [-0.25, -0.2) is 4.98 Å². The number of hydrogen-bond acceptors (Lipinski definition) is 3. The first-order valence-electron chi connectivity index (χ1n) is 4.94. The van der Waals surface area contributed by atoms with Crippen LogP contribution < -0.4 is 4.90 Å². The standard InChI is InChI=1S/C11H15N3O/c1-14(5-6-15-2)9-3-4-10-11(7-9)13-8-12-10/h3-4,7-8H,5-6H2,1-2H3,(H,12,13). The number of fused-ring (bicyclic) bond motifs is 1. The minimum absolute atomic E-state index is 0.734. The van der Waals surface area contributed by atoms with Crippen molar-refractivity contribution in [3.05, 3.63) is 24.5 Å². The minimum atomic E-state index is 0.734. The molecule has 1 N–H and O–H groups in total. The molecule has 2 rings (SSSR count). The molecule has 0 unspecified atom stereocenters. The molecule has 80 valence electrons. The molecule has 4 nitrogen and oxygen atoms in total. The molecule has 1 aromatic heterocycles. The first-order chi connectivity index (χ1) is 7.31. The lowest BCUT2D eigenvalue weighted by atomic mass is 10.2. The first-order valence-corrected chi connectivity index (χ1v) is 4.94. The number of aromatic amines is 1. The largest absolute Gasteiger partial charge is 0.383 e. The van der Waals surface area contributed by atoms with Crippen LogP contribution in [0.4, 0.5) is 5.69 Å². The second kappa shape index (κ2) is 4.31. The van der Waals surface area contributed by atoms with Crippen LogP contribution in [-0.4, -0.2) is 37.3 Å². The zero-order chi connectivity index (χ0) is 10.7. The van der Waals surface area contributed by atoms with Crippen LogP contribution in [0.3, 0.4) is 0 Å². The van der Waals surface area contributed by atoms with Crippen LogP contribution in [0.25, 0.3) is 11.0 Å². The van der Waals surface area contributed by atoms with Crippen LogP contribution in [0.15, 0.2) is 24.5 Å². The minimum Gasteiger partial charge on any atom is -0.383 e. The van der Waals surface area contributed by atoms with E-state index in [4.69, 9.17) is 4.74 Å². The van der Waals surface area contributed by atoms with Crippen molar-refractivity contribution < 1.29 is 4.74 Å². The summed E-state index contributed by atoms with van der Waals surface area (Å²) < 4.78 is 5.04. The number of hydrogen-bond donors (Lipinski definition) is 1. The van der Waals surface area contributed by atoms with E-state index < -0.39 is 0 Å². The highest BCUT2D eigenvalue weighted by Gasteiger charge is 2.02. The van der Waals surface area contributed by atoms with Crippen LogP contribution in [0.1, 0.15) is 0 Å². The summed E-state index contributed by atoms with van der Waals surface area (Å²) in [4.78, 5) is 9.44. The summed E-state index contributed by atoms with van der Waals surface area (Å²) in [6.45, 7) is 1.62. The van der Waals surface area contributed by atoms with Gasteiger partial charge in [-0.1, -0.05) is 0 Å². The Bertz CT molecular complexity index is 438. The van der Waals surface area contributed by atoms with E-state index in [2.05, 4.69) is 34.0 Å². The van der Waals surface area contributed by atoms with Gasteiger partial charge in [0.1, 0.15) is 0 Å². The van der Waals surface area contributed by atoms with Crippen LogP contribution in [0.2, 0.25) is 0 Å². The fourth-order valence-electron chi connectivity index (χ4n) is 1.52. The van der Waals surface area contributed by atoms with E-state index in [1.165, 1.54) is 5.69 Å². The Hall–Kier alpha value is -1.55. The van der Waals surface area contributed by atoms with Gasteiger partial charge in [-0.15, -0.1) is 0 Å². The molecule has 0 aliphatic heterocycles. The molecule has 0 saturated heterocycles. The Morgan fingerprint density at radius 2 is 2.33 bits per heavy atom. The maximum Gasteiger partial charge on any atom is 0.0931 e. The lowest BCUT2D eigenvalue weighted by Crippen LogP contribution is -2.21. The van der Waals surface area contributed by atoms with Crippen molar-refractivity contribution in [2.75, 3.05) is 32.2 Å². The number of H-pyrrole nitrogens is 1. The number of rotatable bonds is 4. The van der Waals surface area contributed by atoms with Crippen molar-refractivity contribution in [3.63, 3.8) is 0 Å². The summed E-state index contributed by atoms with van der Waals surface area (Å²) in [6, 6.07) is 6.18. The molecule has 1 aromatic carbocycles. The van der Waals surface area contributed by atoms with Crippen molar-refractivity contribution in [2.45, 2.75) is 0 Å². The molecular weight excluding hydrogens is 190 g/mol. The van der Waals surface area contributed by atoms with E-state index in [9.17, 15) is 0 Å². The van der Waals surface area contributed by atoms with Gasteiger partial charge in [0.15, 0.2) is 0 Å². The van der Waals surface area contributed by atoms with Gasteiger partial charge in [-0.05, 0) is 18.2 Å². The summed E-state index contributed by atoms with van der Waals surface area (Å²) in [5.74, 6) is 0. The Balaban J connectivity index is 2.19. The molecule has 0 amide bonds. The number of aromatic nitrogens is 2. The summed E-state index contributed by atoms with van der Waals surface area (Å²) in [7, 11) is 3.77. The maximum atomic E-state index is 5.04. The summed E-state index contributed by atoms with van der Waals surface area (Å²) in [5, 5.41) is 0. The average Bonchev–Trinajstić information content (AvgIpc) is 2.72. The molecule has 1 heterocycles. The molecule has 2 aromatic rings. The normalized spacial score (nSPS) is 10.8. The number of imidazole rings is 1. The fourth-order valence-corrected chi connectivity index (χ4v) is 1.52. The SMILES string of the molecule is COCCN(C)c1ccc2nc[nH]c2c1. The van der Waals surface area contributed by atoms with Crippen molar-refractivity contribution in [3.8, 4) is 0 Å². The van der Waals surface area contributed by atoms with Crippen LogP contribution in [0, 0.1) is 0 Å². The molecule has 0 bridgehead atoms. The van der Waals surface area contributed by atoms with E-state index in [1.54, 1.807) is 13.4 Å². The third kappa shape index (κ3) is 2.10. The Morgan fingerprint density at radius 3 is 3.13 bits per heavy atom. The van der Waals surface area contributed by atoms with Crippen molar-refractivity contribution in [1.29, 1.82) is 0 Å². The zero-order valence-corrected chi connectivity index (χ0v) is 9.03. The van der Waals surface area contributed by atoms with Gasteiger partial charge in [0.05, 0.1) is 24.0 Å². The van der Waals surface area contributed by atoms with Gasteiger partial charge in [0, 0.05) is 26.4 Å². The summed E-state index contributed by atoms with van der Waals surface area (Å²) in [5.41, 5.74) is 3.24. The van der Waals surface area contributed by atoms with Gasteiger partial charge in [-0.2, -0.15) is 0 Å². The molecule has 15 heavy (non-hydrogen) atoms. The van der Waals surface area contributed by atoms with Gasteiger partial charge in [-0.3, -0.25) is 0 Å². The third-order valence-corrected chi connectivity index (χ3v) is 2.48. The molecule has 0 radical (unpaired) electrons. The van der Waals surface area contributed by atoms with Gasteiger partial charge >= 0.3 is 0 Å². The molecule has 0 aliphatic rings. The number of likely N-dealkylation sites (N-methyl/N-ethyl adjacent to an activating group) is 1. The zero-order valence-electron chi connectivity index (χ0n) is 9.03.